The second-order valence-electron chi connectivity index (χ2n) is 2.13. The van der Waals surface area contributed by atoms with Crippen LogP contribution in [0.5, 0.6) is 0 Å². The fourth-order valence-corrected chi connectivity index (χ4v) is 0.659. The van der Waals surface area contributed by atoms with Crippen molar-refractivity contribution in [1.82, 2.24) is 9.97 Å². The fraction of sp³-hybridized carbons (Fsp3) is 0.286. The number of nitrogens with zero attached hydrogens (tertiary/aromatic N) is 2. The van der Waals surface area contributed by atoms with Gasteiger partial charge < -0.3 is 5.11 Å². The van der Waals surface area contributed by atoms with Crippen molar-refractivity contribution in [1.29, 1.82) is 0 Å². The first-order chi connectivity index (χ1) is 6.24. The van der Waals surface area contributed by atoms with Crippen LogP contribution in [0.2, 0.25) is 0 Å². The summed E-state index contributed by atoms with van der Waals surface area (Å²) in [6, 6.07) is 0. The molecule has 1 aromatic rings. The Morgan fingerprint density at radius 1 is 1.54 bits per heavy atom. The molecule has 0 aromatic carbocycles. The van der Waals surface area contributed by atoms with Crippen LogP contribution in [-0.2, 0) is 16.4 Å². The summed E-state index contributed by atoms with van der Waals surface area (Å²) < 4.78 is 0. The zero-order valence-electron chi connectivity index (χ0n) is 6.93. The van der Waals surface area contributed by atoms with Gasteiger partial charge >= 0.3 is 5.97 Å². The van der Waals surface area contributed by atoms with Crippen LogP contribution in [0.3, 0.4) is 0 Å². The Hall–Kier alpha value is -1.53. The van der Waals surface area contributed by atoms with E-state index in [9.17, 15) is 4.79 Å². The molecule has 1 heterocycles. The standard InChI is InChI=1S/C7H8N2O4/c1-12-13-4-5-2-9-6(3-8-5)7(10)11/h2-3H,4H2,1H3,(H,10,11). The highest BCUT2D eigenvalue weighted by molar-refractivity contribution is 5.84. The average molecular weight is 184 g/mol. The van der Waals surface area contributed by atoms with Gasteiger partial charge in [0.25, 0.3) is 0 Å². The van der Waals surface area contributed by atoms with Gasteiger partial charge in [-0.3, -0.25) is 4.98 Å². The molecule has 1 N–H and O–H groups in total. The number of rotatable bonds is 4. The summed E-state index contributed by atoms with van der Waals surface area (Å²) in [5, 5.41) is 8.49. The number of aromatic carboxylic acids is 1. The molecule has 0 aliphatic heterocycles. The van der Waals surface area contributed by atoms with Crippen molar-refractivity contribution >= 4 is 5.97 Å². The van der Waals surface area contributed by atoms with Crippen molar-refractivity contribution in [3.63, 3.8) is 0 Å². The molecule has 0 atom stereocenters. The number of aromatic nitrogens is 2. The molecule has 1 aromatic heterocycles. The number of carboxylic acids is 1. The SMILES string of the molecule is COOCc1cnc(C(=O)O)cn1. The van der Waals surface area contributed by atoms with Crippen molar-refractivity contribution in [2.75, 3.05) is 7.11 Å². The van der Waals surface area contributed by atoms with Crippen molar-refractivity contribution in [3.8, 4) is 0 Å². The summed E-state index contributed by atoms with van der Waals surface area (Å²) >= 11 is 0. The topological polar surface area (TPSA) is 81.5 Å². The van der Waals surface area contributed by atoms with E-state index < -0.39 is 5.97 Å². The van der Waals surface area contributed by atoms with E-state index in [2.05, 4.69) is 19.7 Å². The third-order valence-electron chi connectivity index (χ3n) is 1.25. The molecule has 0 bridgehead atoms. The summed E-state index contributed by atoms with van der Waals surface area (Å²) in [7, 11) is 1.37. The van der Waals surface area contributed by atoms with E-state index in [0.717, 1.165) is 6.20 Å². The van der Waals surface area contributed by atoms with E-state index in [1.165, 1.54) is 13.3 Å². The van der Waals surface area contributed by atoms with Gasteiger partial charge in [-0.25, -0.2) is 19.6 Å². The van der Waals surface area contributed by atoms with E-state index in [4.69, 9.17) is 5.11 Å². The lowest BCUT2D eigenvalue weighted by Gasteiger charge is -1.98. The average Bonchev–Trinajstić information content (AvgIpc) is 2.15. The highest BCUT2D eigenvalue weighted by Gasteiger charge is 2.04. The Balaban J connectivity index is 2.64. The predicted molar refractivity (Wildman–Crippen MR) is 40.8 cm³/mol. The van der Waals surface area contributed by atoms with E-state index in [0.29, 0.717) is 5.69 Å². The van der Waals surface area contributed by atoms with Gasteiger partial charge in [-0.05, 0) is 0 Å². The minimum absolute atomic E-state index is 0.0961. The molecule has 1 rings (SSSR count). The normalized spacial score (nSPS) is 9.92. The summed E-state index contributed by atoms with van der Waals surface area (Å²) in [5.41, 5.74) is 0.410. The molecule has 13 heavy (non-hydrogen) atoms. The molecule has 0 radical (unpaired) electrons. The smallest absolute Gasteiger partial charge is 0.356 e. The quantitative estimate of drug-likeness (QED) is 0.533. The Morgan fingerprint density at radius 3 is 2.77 bits per heavy atom. The molecular formula is C7H8N2O4. The van der Waals surface area contributed by atoms with E-state index >= 15 is 0 Å². The second kappa shape index (κ2) is 4.48. The first-order valence-electron chi connectivity index (χ1n) is 3.44. The first kappa shape index (κ1) is 9.56. The van der Waals surface area contributed by atoms with Gasteiger partial charge in [-0.15, -0.1) is 0 Å². The molecule has 6 heteroatoms. The zero-order chi connectivity index (χ0) is 9.68. The van der Waals surface area contributed by atoms with E-state index in [-0.39, 0.29) is 12.3 Å². The molecular weight excluding hydrogens is 176 g/mol. The third-order valence-corrected chi connectivity index (χ3v) is 1.25. The third kappa shape index (κ3) is 2.77. The maximum absolute atomic E-state index is 10.4. The molecule has 6 nitrogen and oxygen atoms in total. The molecule has 0 unspecified atom stereocenters. The Morgan fingerprint density at radius 2 is 2.31 bits per heavy atom. The minimum atomic E-state index is -1.10. The van der Waals surface area contributed by atoms with Crippen LogP contribution in [0.4, 0.5) is 0 Å². The lowest BCUT2D eigenvalue weighted by molar-refractivity contribution is -0.282. The lowest BCUT2D eigenvalue weighted by atomic mass is 10.4. The molecule has 0 amide bonds. The summed E-state index contributed by atoms with van der Waals surface area (Å²) in [6.45, 7) is 0.142. The predicted octanol–water partition coefficient (Wildman–Crippen LogP) is 0.253. The van der Waals surface area contributed by atoms with Gasteiger partial charge in [0.1, 0.15) is 6.61 Å². The lowest BCUT2D eigenvalue weighted by Crippen LogP contribution is -2.03. The maximum atomic E-state index is 10.4. The summed E-state index contributed by atoms with van der Waals surface area (Å²) in [6.07, 6.45) is 2.49. The van der Waals surface area contributed by atoms with Gasteiger partial charge in [-0.2, -0.15) is 0 Å². The van der Waals surface area contributed by atoms with Crippen LogP contribution in [0.15, 0.2) is 12.4 Å². The Kier molecular flexibility index (Phi) is 3.30. The number of hydrogen-bond acceptors (Lipinski definition) is 5. The van der Waals surface area contributed by atoms with Crippen molar-refractivity contribution in [2.45, 2.75) is 6.61 Å². The van der Waals surface area contributed by atoms with Crippen LogP contribution in [0, 0.1) is 0 Å². The van der Waals surface area contributed by atoms with E-state index in [1.807, 2.05) is 0 Å². The van der Waals surface area contributed by atoms with Crippen LogP contribution < -0.4 is 0 Å². The monoisotopic (exact) mass is 184 g/mol. The number of carboxylic acid groups (broad SMARTS) is 1. The fourth-order valence-electron chi connectivity index (χ4n) is 0.659. The number of hydrogen-bond donors (Lipinski definition) is 1. The number of carbonyl (C=O) groups is 1. The van der Waals surface area contributed by atoms with Crippen molar-refractivity contribution in [3.05, 3.63) is 23.8 Å². The Bertz CT molecular complexity index is 285. The highest BCUT2D eigenvalue weighted by atomic mass is 17.2. The molecule has 0 fully saturated rings. The van der Waals surface area contributed by atoms with Gasteiger partial charge in [0.2, 0.25) is 0 Å². The van der Waals surface area contributed by atoms with Crippen LogP contribution >= 0.6 is 0 Å². The van der Waals surface area contributed by atoms with Crippen molar-refractivity contribution < 1.29 is 19.7 Å². The minimum Gasteiger partial charge on any atom is -0.476 e. The van der Waals surface area contributed by atoms with Gasteiger partial charge in [-0.1, -0.05) is 0 Å². The second-order valence-corrected chi connectivity index (χ2v) is 2.13. The molecule has 0 aliphatic rings. The van der Waals surface area contributed by atoms with Crippen LogP contribution in [-0.4, -0.2) is 28.2 Å². The zero-order valence-corrected chi connectivity index (χ0v) is 6.93. The maximum Gasteiger partial charge on any atom is 0.356 e. The molecule has 70 valence electrons. The van der Waals surface area contributed by atoms with Gasteiger partial charge in [0.05, 0.1) is 25.2 Å². The summed E-state index contributed by atoms with van der Waals surface area (Å²) in [4.78, 5) is 26.7. The van der Waals surface area contributed by atoms with E-state index in [1.54, 1.807) is 0 Å². The van der Waals surface area contributed by atoms with Gasteiger partial charge in [0, 0.05) is 0 Å². The molecule has 0 spiro atoms. The Labute approximate surface area is 74.1 Å². The van der Waals surface area contributed by atoms with Crippen LogP contribution in [0.1, 0.15) is 16.2 Å². The molecule has 0 aliphatic carbocycles. The summed E-state index contributed by atoms with van der Waals surface area (Å²) in [5.74, 6) is -1.10. The highest BCUT2D eigenvalue weighted by Crippen LogP contribution is 1.97. The molecule has 0 saturated heterocycles. The largest absolute Gasteiger partial charge is 0.476 e. The van der Waals surface area contributed by atoms with Gasteiger partial charge in [0.15, 0.2) is 5.69 Å². The van der Waals surface area contributed by atoms with Crippen molar-refractivity contribution in [2.24, 2.45) is 0 Å². The molecule has 0 saturated carbocycles. The van der Waals surface area contributed by atoms with Crippen LogP contribution in [0.25, 0.3) is 0 Å². The first-order valence-corrected chi connectivity index (χ1v) is 3.44.